The number of ether oxygens (including phenoxy) is 1. The molecule has 1 aliphatic rings. The van der Waals surface area contributed by atoms with Crippen molar-refractivity contribution in [2.45, 2.75) is 6.42 Å². The number of benzene rings is 3. The molecule has 9 heteroatoms. The molecule has 1 aromatic heterocycles. The summed E-state index contributed by atoms with van der Waals surface area (Å²) >= 11 is 0. The largest absolute Gasteiger partial charge is 0.494 e. The Kier molecular flexibility index (Phi) is 6.56. The molecule has 1 amide bonds. The van der Waals surface area contributed by atoms with Crippen LogP contribution in [0.15, 0.2) is 54.6 Å². The van der Waals surface area contributed by atoms with Gasteiger partial charge in [-0.25, -0.2) is 8.78 Å². The third kappa shape index (κ3) is 4.61. The molecule has 3 aromatic carbocycles. The molecular formula is C27H27F2N5O2. The quantitative estimate of drug-likeness (QED) is 0.415. The number of halogens is 2. The molecule has 1 aliphatic heterocycles. The van der Waals surface area contributed by atoms with Crippen LogP contribution in [0.1, 0.15) is 16.8 Å². The Morgan fingerprint density at radius 3 is 2.61 bits per heavy atom. The van der Waals surface area contributed by atoms with Crippen LogP contribution in [-0.4, -0.2) is 61.3 Å². The van der Waals surface area contributed by atoms with Crippen LogP contribution in [0.4, 0.5) is 20.3 Å². The second-order valence-corrected chi connectivity index (χ2v) is 8.92. The summed E-state index contributed by atoms with van der Waals surface area (Å²) in [6, 6.07) is 14.8. The Labute approximate surface area is 207 Å². The zero-order valence-corrected chi connectivity index (χ0v) is 20.1. The molecule has 186 valence electrons. The van der Waals surface area contributed by atoms with Gasteiger partial charge in [0.15, 0.2) is 17.4 Å². The van der Waals surface area contributed by atoms with Crippen LogP contribution in [-0.2, 0) is 0 Å². The number of hydrogen-bond acceptors (Lipinski definition) is 5. The van der Waals surface area contributed by atoms with Gasteiger partial charge in [-0.05, 0) is 74.1 Å². The number of carbonyl (C=O) groups is 1. The topological polar surface area (TPSA) is 73.5 Å². The highest BCUT2D eigenvalue weighted by atomic mass is 19.1. The second-order valence-electron chi connectivity index (χ2n) is 8.92. The molecule has 1 saturated heterocycles. The fraction of sp³-hybridized carbons (Fsp3) is 0.259. The minimum absolute atomic E-state index is 0.0433. The number of aromatic nitrogens is 2. The summed E-state index contributed by atoms with van der Waals surface area (Å²) < 4.78 is 34.1. The minimum atomic E-state index is -0.777. The average molecular weight is 492 g/mol. The minimum Gasteiger partial charge on any atom is -0.494 e. The number of likely N-dealkylation sites (N-methyl/N-ethyl adjacent to an activating group) is 1. The Morgan fingerprint density at radius 1 is 1.03 bits per heavy atom. The van der Waals surface area contributed by atoms with E-state index in [0.29, 0.717) is 27.8 Å². The van der Waals surface area contributed by atoms with Gasteiger partial charge in [0.25, 0.3) is 5.91 Å². The van der Waals surface area contributed by atoms with Gasteiger partial charge in [0.1, 0.15) is 5.82 Å². The van der Waals surface area contributed by atoms with Gasteiger partial charge < -0.3 is 19.9 Å². The second kappa shape index (κ2) is 9.94. The van der Waals surface area contributed by atoms with E-state index in [0.717, 1.165) is 44.4 Å². The molecule has 0 aliphatic carbocycles. The van der Waals surface area contributed by atoms with Gasteiger partial charge in [-0.3, -0.25) is 9.89 Å². The smallest absolute Gasteiger partial charge is 0.256 e. The fourth-order valence-corrected chi connectivity index (χ4v) is 4.53. The van der Waals surface area contributed by atoms with Crippen molar-refractivity contribution < 1.29 is 18.3 Å². The van der Waals surface area contributed by atoms with Crippen molar-refractivity contribution in [3.05, 3.63) is 71.8 Å². The lowest BCUT2D eigenvalue weighted by molar-refractivity contribution is 0.102. The third-order valence-corrected chi connectivity index (χ3v) is 6.57. The highest BCUT2D eigenvalue weighted by molar-refractivity contribution is 6.08. The molecule has 2 heterocycles. The molecule has 0 unspecified atom stereocenters. The van der Waals surface area contributed by atoms with E-state index < -0.39 is 11.6 Å². The van der Waals surface area contributed by atoms with E-state index in [1.54, 1.807) is 30.3 Å². The van der Waals surface area contributed by atoms with Crippen molar-refractivity contribution in [2.75, 3.05) is 50.6 Å². The number of carbonyl (C=O) groups excluding carboxylic acids is 1. The SMILES string of the molecule is COc1ccc(F)c(-c2ccc3c(NC(=O)c4ccc(N5CCCN(C)CC5)cc4)n[nH]c3c2)c1F. The molecule has 0 bridgehead atoms. The van der Waals surface area contributed by atoms with Crippen LogP contribution in [0.5, 0.6) is 5.75 Å². The first-order valence-electron chi connectivity index (χ1n) is 11.8. The van der Waals surface area contributed by atoms with Gasteiger partial charge in [-0.2, -0.15) is 5.10 Å². The zero-order chi connectivity index (χ0) is 25.2. The van der Waals surface area contributed by atoms with Crippen LogP contribution in [0.3, 0.4) is 0 Å². The standard InChI is InChI=1S/C27H27F2N5O2/c1-33-12-3-13-34(15-14-33)19-7-4-17(5-8-19)27(35)30-26-20-9-6-18(16-22(20)31-32-26)24-21(28)10-11-23(36-2)25(24)29/h4-11,16H,3,12-15H2,1-2H3,(H2,30,31,32,35). The van der Waals surface area contributed by atoms with Gasteiger partial charge >= 0.3 is 0 Å². The number of aromatic amines is 1. The Balaban J connectivity index is 1.34. The molecule has 36 heavy (non-hydrogen) atoms. The number of nitrogens with zero attached hydrogens (tertiary/aromatic N) is 3. The number of methoxy groups -OCH3 is 1. The molecule has 0 saturated carbocycles. The molecule has 1 fully saturated rings. The Bertz CT molecular complexity index is 1400. The summed E-state index contributed by atoms with van der Waals surface area (Å²) in [6.45, 7) is 4.03. The summed E-state index contributed by atoms with van der Waals surface area (Å²) in [4.78, 5) is 17.5. The maximum absolute atomic E-state index is 14.7. The van der Waals surface area contributed by atoms with Crippen molar-refractivity contribution in [1.82, 2.24) is 15.1 Å². The summed E-state index contributed by atoms with van der Waals surface area (Å²) in [6.07, 6.45) is 1.10. The fourth-order valence-electron chi connectivity index (χ4n) is 4.53. The number of rotatable bonds is 5. The van der Waals surface area contributed by atoms with Gasteiger partial charge in [0.05, 0.1) is 18.2 Å². The van der Waals surface area contributed by atoms with Gasteiger partial charge in [-0.15, -0.1) is 0 Å². The van der Waals surface area contributed by atoms with Crippen molar-refractivity contribution in [2.24, 2.45) is 0 Å². The van der Waals surface area contributed by atoms with E-state index in [-0.39, 0.29) is 17.2 Å². The van der Waals surface area contributed by atoms with E-state index in [1.165, 1.54) is 13.2 Å². The van der Waals surface area contributed by atoms with E-state index in [9.17, 15) is 13.6 Å². The molecule has 7 nitrogen and oxygen atoms in total. The van der Waals surface area contributed by atoms with Gasteiger partial charge in [0, 0.05) is 36.3 Å². The van der Waals surface area contributed by atoms with Crippen molar-refractivity contribution in [3.63, 3.8) is 0 Å². The van der Waals surface area contributed by atoms with Crippen LogP contribution < -0.4 is 15.0 Å². The van der Waals surface area contributed by atoms with E-state index in [1.807, 2.05) is 12.1 Å². The lowest BCUT2D eigenvalue weighted by Crippen LogP contribution is -2.28. The van der Waals surface area contributed by atoms with Crippen molar-refractivity contribution >= 4 is 28.3 Å². The highest BCUT2D eigenvalue weighted by Crippen LogP contribution is 2.34. The van der Waals surface area contributed by atoms with Crippen LogP contribution in [0, 0.1) is 11.6 Å². The van der Waals surface area contributed by atoms with Crippen molar-refractivity contribution in [3.8, 4) is 16.9 Å². The molecule has 0 atom stereocenters. The first-order chi connectivity index (χ1) is 17.4. The third-order valence-electron chi connectivity index (χ3n) is 6.57. The maximum Gasteiger partial charge on any atom is 0.256 e. The maximum atomic E-state index is 14.7. The Morgan fingerprint density at radius 2 is 1.83 bits per heavy atom. The molecule has 2 N–H and O–H groups in total. The number of nitrogens with one attached hydrogen (secondary N) is 2. The van der Waals surface area contributed by atoms with Gasteiger partial charge in [-0.1, -0.05) is 6.07 Å². The van der Waals surface area contributed by atoms with E-state index in [2.05, 4.69) is 32.4 Å². The van der Waals surface area contributed by atoms with Crippen molar-refractivity contribution in [1.29, 1.82) is 0 Å². The lowest BCUT2D eigenvalue weighted by atomic mass is 10.0. The first kappa shape index (κ1) is 23.7. The number of anilines is 2. The summed E-state index contributed by atoms with van der Waals surface area (Å²) in [5.74, 6) is -1.47. The number of H-pyrrole nitrogens is 1. The zero-order valence-electron chi connectivity index (χ0n) is 20.1. The first-order valence-corrected chi connectivity index (χ1v) is 11.8. The predicted octanol–water partition coefficient (Wildman–Crippen LogP) is 4.91. The summed E-state index contributed by atoms with van der Waals surface area (Å²) in [5.41, 5.74) is 2.28. The number of hydrogen-bond donors (Lipinski definition) is 2. The Hall–Kier alpha value is -3.98. The van der Waals surface area contributed by atoms with E-state index >= 15 is 0 Å². The molecule has 0 spiro atoms. The van der Waals surface area contributed by atoms with Crippen LogP contribution in [0.2, 0.25) is 0 Å². The summed E-state index contributed by atoms with van der Waals surface area (Å²) in [5, 5.41) is 10.5. The van der Waals surface area contributed by atoms with Crippen LogP contribution in [0.25, 0.3) is 22.0 Å². The number of fused-ring (bicyclic) bond motifs is 1. The number of amides is 1. The monoisotopic (exact) mass is 491 g/mol. The molecule has 4 aromatic rings. The van der Waals surface area contributed by atoms with Gasteiger partial charge in [0.2, 0.25) is 0 Å². The normalized spacial score (nSPS) is 14.6. The highest BCUT2D eigenvalue weighted by Gasteiger charge is 2.19. The summed E-state index contributed by atoms with van der Waals surface area (Å²) in [7, 11) is 3.46. The molecular weight excluding hydrogens is 464 g/mol. The molecule has 0 radical (unpaired) electrons. The van der Waals surface area contributed by atoms with Crippen LogP contribution >= 0.6 is 0 Å². The van der Waals surface area contributed by atoms with E-state index in [4.69, 9.17) is 4.74 Å². The average Bonchev–Trinajstić information content (AvgIpc) is 3.14. The lowest BCUT2D eigenvalue weighted by Gasteiger charge is -2.23. The predicted molar refractivity (Wildman–Crippen MR) is 137 cm³/mol. The molecule has 5 rings (SSSR count).